The van der Waals surface area contributed by atoms with Crippen LogP contribution in [0.4, 0.5) is 0 Å². The Morgan fingerprint density at radius 1 is 0.867 bits per heavy atom. The molecule has 0 spiro atoms. The van der Waals surface area contributed by atoms with Crippen LogP contribution in [0.1, 0.15) is 55.2 Å². The van der Waals surface area contributed by atoms with Gasteiger partial charge in [0.2, 0.25) is 15.9 Å². The number of aryl methyl sites for hydroxylation is 3. The number of piperazine rings is 1. The van der Waals surface area contributed by atoms with Gasteiger partial charge in [-0.05, 0) is 57.6 Å². The summed E-state index contributed by atoms with van der Waals surface area (Å²) in [5, 5.41) is 0. The summed E-state index contributed by atoms with van der Waals surface area (Å²) in [4.78, 5) is 18.1. The van der Waals surface area contributed by atoms with Crippen LogP contribution in [0.2, 0.25) is 0 Å². The highest BCUT2D eigenvalue weighted by molar-refractivity contribution is 7.89. The summed E-state index contributed by atoms with van der Waals surface area (Å²) >= 11 is 0. The normalized spacial score (nSPS) is 24.6. The molecule has 3 fully saturated rings. The minimum atomic E-state index is -3.70. The maximum Gasteiger partial charge on any atom is 0.244 e. The van der Waals surface area contributed by atoms with Crippen LogP contribution in [0.3, 0.4) is 0 Å². The summed E-state index contributed by atoms with van der Waals surface area (Å²) in [6, 6.07) is 3.94. The minimum absolute atomic E-state index is 0.00966. The van der Waals surface area contributed by atoms with Crippen molar-refractivity contribution in [2.45, 2.75) is 76.3 Å². The summed E-state index contributed by atoms with van der Waals surface area (Å²) in [5.41, 5.74) is 2.57. The number of rotatable bonds is 4. The van der Waals surface area contributed by atoms with Gasteiger partial charge in [-0.25, -0.2) is 8.42 Å². The van der Waals surface area contributed by atoms with Gasteiger partial charge < -0.3 is 4.90 Å². The van der Waals surface area contributed by atoms with Crippen LogP contribution in [0, 0.1) is 20.8 Å². The largest absolute Gasteiger partial charge is 0.339 e. The lowest BCUT2D eigenvalue weighted by Crippen LogP contribution is -2.55. The lowest BCUT2D eigenvalue weighted by atomic mass is 10.1. The smallest absolute Gasteiger partial charge is 0.244 e. The molecule has 1 saturated carbocycles. The van der Waals surface area contributed by atoms with Crippen molar-refractivity contribution in [1.82, 2.24) is 14.1 Å². The third-order valence-electron chi connectivity index (χ3n) is 7.13. The van der Waals surface area contributed by atoms with Gasteiger partial charge in [0.25, 0.3) is 0 Å². The summed E-state index contributed by atoms with van der Waals surface area (Å²) in [6.07, 6.45) is 6.54. The average molecular weight is 434 g/mol. The van der Waals surface area contributed by atoms with E-state index >= 15 is 0 Å². The Bertz CT molecular complexity index is 877. The van der Waals surface area contributed by atoms with E-state index < -0.39 is 16.1 Å². The number of amides is 1. The molecule has 0 aromatic heterocycles. The highest BCUT2D eigenvalue weighted by Crippen LogP contribution is 2.32. The van der Waals surface area contributed by atoms with Gasteiger partial charge in [-0.15, -0.1) is 0 Å². The molecule has 1 aromatic carbocycles. The summed E-state index contributed by atoms with van der Waals surface area (Å²) in [5.74, 6) is -0.00966. The second kappa shape index (κ2) is 8.60. The fraction of sp³-hybridized carbons (Fsp3) is 0.696. The maximum atomic E-state index is 13.6. The summed E-state index contributed by atoms with van der Waals surface area (Å²) < 4.78 is 28.6. The Morgan fingerprint density at radius 2 is 1.47 bits per heavy atom. The SMILES string of the molecule is Cc1cc(C)c(S(=O)(=O)N2CCCC2C(=O)N2CCN(C3CCCC3)CC2)c(C)c1. The van der Waals surface area contributed by atoms with E-state index in [-0.39, 0.29) is 5.91 Å². The molecule has 2 saturated heterocycles. The van der Waals surface area contributed by atoms with Gasteiger partial charge in [-0.2, -0.15) is 4.31 Å². The molecule has 1 aromatic rings. The van der Waals surface area contributed by atoms with E-state index in [1.54, 1.807) is 0 Å². The highest BCUT2D eigenvalue weighted by atomic mass is 32.2. The summed E-state index contributed by atoms with van der Waals surface area (Å²) in [7, 11) is -3.70. The summed E-state index contributed by atoms with van der Waals surface area (Å²) in [6.45, 7) is 9.34. The first-order chi connectivity index (χ1) is 14.3. The first-order valence-corrected chi connectivity index (χ1v) is 12.9. The number of carbonyl (C=O) groups excluding carboxylic acids is 1. The molecule has 4 rings (SSSR count). The second-order valence-corrected chi connectivity index (χ2v) is 11.1. The second-order valence-electron chi connectivity index (χ2n) is 9.30. The molecular weight excluding hydrogens is 398 g/mol. The zero-order chi connectivity index (χ0) is 21.5. The predicted octanol–water partition coefficient (Wildman–Crippen LogP) is 2.85. The van der Waals surface area contributed by atoms with E-state index in [1.165, 1.54) is 30.0 Å². The van der Waals surface area contributed by atoms with Crippen LogP contribution in [0.15, 0.2) is 17.0 Å². The average Bonchev–Trinajstić information content (AvgIpc) is 3.39. The van der Waals surface area contributed by atoms with Crippen LogP contribution in [-0.4, -0.2) is 73.2 Å². The van der Waals surface area contributed by atoms with E-state index in [0.717, 1.165) is 36.2 Å². The van der Waals surface area contributed by atoms with Gasteiger partial charge in [0, 0.05) is 38.8 Å². The van der Waals surface area contributed by atoms with Gasteiger partial charge in [-0.1, -0.05) is 30.5 Å². The number of hydrogen-bond donors (Lipinski definition) is 0. The van der Waals surface area contributed by atoms with Crippen LogP contribution in [-0.2, 0) is 14.8 Å². The fourth-order valence-electron chi connectivity index (χ4n) is 5.75. The molecule has 166 valence electrons. The van der Waals surface area contributed by atoms with Crippen molar-refractivity contribution in [3.63, 3.8) is 0 Å². The number of hydrogen-bond acceptors (Lipinski definition) is 4. The first-order valence-electron chi connectivity index (χ1n) is 11.4. The van der Waals surface area contributed by atoms with Gasteiger partial charge >= 0.3 is 0 Å². The van der Waals surface area contributed by atoms with Gasteiger partial charge in [0.15, 0.2) is 0 Å². The molecule has 1 unspecified atom stereocenters. The van der Waals surface area contributed by atoms with Crippen molar-refractivity contribution in [2.75, 3.05) is 32.7 Å². The minimum Gasteiger partial charge on any atom is -0.339 e. The Kier molecular flexibility index (Phi) is 6.24. The van der Waals surface area contributed by atoms with Crippen molar-refractivity contribution in [3.05, 3.63) is 28.8 Å². The van der Waals surface area contributed by atoms with E-state index in [4.69, 9.17) is 0 Å². The third-order valence-corrected chi connectivity index (χ3v) is 9.34. The first kappa shape index (κ1) is 21.8. The van der Waals surface area contributed by atoms with E-state index in [2.05, 4.69) is 4.90 Å². The van der Waals surface area contributed by atoms with E-state index in [9.17, 15) is 13.2 Å². The molecule has 0 radical (unpaired) electrons. The Morgan fingerprint density at radius 3 is 2.07 bits per heavy atom. The molecule has 0 N–H and O–H groups in total. The standard InChI is InChI=1S/C23H35N3O3S/c1-17-15-18(2)22(19(3)16-17)30(28,29)26-10-6-9-21(26)23(27)25-13-11-24(12-14-25)20-7-4-5-8-20/h15-16,20-21H,4-14H2,1-3H3. The van der Waals surface area contributed by atoms with Crippen LogP contribution < -0.4 is 0 Å². The monoisotopic (exact) mass is 433 g/mol. The van der Waals surface area contributed by atoms with E-state index in [0.29, 0.717) is 37.0 Å². The zero-order valence-electron chi connectivity index (χ0n) is 18.6. The predicted molar refractivity (Wildman–Crippen MR) is 118 cm³/mol. The number of nitrogens with zero attached hydrogens (tertiary/aromatic N) is 3. The van der Waals surface area contributed by atoms with Crippen LogP contribution in [0.5, 0.6) is 0 Å². The molecule has 1 aliphatic carbocycles. The molecular formula is C23H35N3O3S. The zero-order valence-corrected chi connectivity index (χ0v) is 19.4. The Labute approximate surface area is 181 Å². The quantitative estimate of drug-likeness (QED) is 0.733. The fourth-order valence-corrected chi connectivity index (χ4v) is 7.82. The van der Waals surface area contributed by atoms with Crippen molar-refractivity contribution < 1.29 is 13.2 Å². The topological polar surface area (TPSA) is 60.9 Å². The van der Waals surface area contributed by atoms with Gasteiger partial charge in [-0.3, -0.25) is 9.69 Å². The van der Waals surface area contributed by atoms with Crippen molar-refractivity contribution >= 4 is 15.9 Å². The number of benzene rings is 1. The molecule has 1 atom stereocenters. The lowest BCUT2D eigenvalue weighted by molar-refractivity contribution is -0.136. The van der Waals surface area contributed by atoms with Crippen molar-refractivity contribution in [3.8, 4) is 0 Å². The lowest BCUT2D eigenvalue weighted by Gasteiger charge is -2.39. The Hall–Kier alpha value is -1.44. The molecule has 30 heavy (non-hydrogen) atoms. The van der Waals surface area contributed by atoms with Crippen molar-refractivity contribution in [2.24, 2.45) is 0 Å². The molecule has 6 nitrogen and oxygen atoms in total. The number of carbonyl (C=O) groups is 1. The van der Waals surface area contributed by atoms with Crippen LogP contribution >= 0.6 is 0 Å². The molecule has 2 aliphatic heterocycles. The number of sulfonamides is 1. The van der Waals surface area contributed by atoms with Gasteiger partial charge in [0.05, 0.1) is 4.90 Å². The maximum absolute atomic E-state index is 13.6. The molecule has 1 amide bonds. The van der Waals surface area contributed by atoms with Crippen LogP contribution in [0.25, 0.3) is 0 Å². The van der Waals surface area contributed by atoms with E-state index in [1.807, 2.05) is 37.8 Å². The Balaban J connectivity index is 1.49. The molecule has 2 heterocycles. The highest BCUT2D eigenvalue weighted by Gasteiger charge is 2.42. The van der Waals surface area contributed by atoms with Gasteiger partial charge in [0.1, 0.15) is 6.04 Å². The molecule has 7 heteroatoms. The van der Waals surface area contributed by atoms with Crippen molar-refractivity contribution in [1.29, 1.82) is 0 Å². The third kappa shape index (κ3) is 4.04. The molecule has 0 bridgehead atoms. The molecule has 3 aliphatic rings.